The van der Waals surface area contributed by atoms with E-state index in [0.29, 0.717) is 16.7 Å². The summed E-state index contributed by atoms with van der Waals surface area (Å²) in [6.07, 6.45) is -8.71. The molecule has 0 saturated carbocycles. The Morgan fingerprint density at radius 1 is 1.11 bits per heavy atom. The topological polar surface area (TPSA) is 60.3 Å². The zero-order chi connectivity index (χ0) is 21.1. The van der Waals surface area contributed by atoms with Crippen LogP contribution in [-0.4, -0.2) is 23.3 Å². The number of nitrogens with one attached hydrogen (secondary N) is 1. The van der Waals surface area contributed by atoms with Crippen LogP contribution in [0.15, 0.2) is 41.3 Å². The Hall–Kier alpha value is -3.05. The zero-order valence-corrected chi connectivity index (χ0v) is 13.7. The van der Waals surface area contributed by atoms with Crippen LogP contribution in [0, 0.1) is 5.82 Å². The Morgan fingerprint density at radius 3 is 2.39 bits per heavy atom. The molecule has 2 aromatic rings. The highest BCUT2D eigenvalue weighted by atomic mass is 19.4. The van der Waals surface area contributed by atoms with Crippen LogP contribution in [-0.2, 0) is 17.5 Å². The van der Waals surface area contributed by atoms with Gasteiger partial charge in [-0.05, 0) is 24.3 Å². The highest BCUT2D eigenvalue weighted by Crippen LogP contribution is 2.28. The highest BCUT2D eigenvalue weighted by molar-refractivity contribution is 5.92. The van der Waals surface area contributed by atoms with Gasteiger partial charge < -0.3 is 14.6 Å². The van der Waals surface area contributed by atoms with Gasteiger partial charge in [-0.25, -0.2) is 4.39 Å². The predicted octanol–water partition coefficient (Wildman–Crippen LogP) is 3.59. The van der Waals surface area contributed by atoms with Gasteiger partial charge in [-0.15, -0.1) is 0 Å². The summed E-state index contributed by atoms with van der Waals surface area (Å²) in [7, 11) is 0. The van der Waals surface area contributed by atoms with Gasteiger partial charge in [0.05, 0.1) is 5.69 Å². The molecule has 0 radical (unpaired) electrons. The van der Waals surface area contributed by atoms with E-state index in [1.165, 1.54) is 0 Å². The lowest BCUT2D eigenvalue weighted by Gasteiger charge is -2.15. The number of anilines is 1. The van der Waals surface area contributed by atoms with Crippen LogP contribution in [0.2, 0.25) is 0 Å². The molecule has 2 rings (SSSR count). The lowest BCUT2D eigenvalue weighted by Crippen LogP contribution is -2.32. The molecule has 1 heterocycles. The summed E-state index contributed by atoms with van der Waals surface area (Å²) in [5.74, 6) is -2.61. The molecular formula is C16H11F7N2O3. The molecule has 0 atom stereocenters. The molecule has 1 amide bonds. The third-order valence-corrected chi connectivity index (χ3v) is 3.25. The van der Waals surface area contributed by atoms with Crippen LogP contribution in [0.4, 0.5) is 36.4 Å². The number of benzene rings is 1. The average Bonchev–Trinajstić information content (AvgIpc) is 2.55. The van der Waals surface area contributed by atoms with Crippen molar-refractivity contribution in [3.8, 4) is 5.75 Å². The van der Waals surface area contributed by atoms with Gasteiger partial charge in [0.1, 0.15) is 23.7 Å². The first-order valence-electron chi connectivity index (χ1n) is 7.42. The van der Waals surface area contributed by atoms with E-state index in [-0.39, 0.29) is 5.69 Å². The number of pyridine rings is 1. The maximum atomic E-state index is 13.2. The van der Waals surface area contributed by atoms with Crippen molar-refractivity contribution in [3.05, 3.63) is 58.3 Å². The number of halogens is 7. The molecule has 0 bridgehead atoms. The van der Waals surface area contributed by atoms with Crippen LogP contribution >= 0.6 is 0 Å². The number of aromatic nitrogens is 1. The fourth-order valence-electron chi connectivity index (χ4n) is 2.10. The quantitative estimate of drug-likeness (QED) is 0.764. The van der Waals surface area contributed by atoms with Gasteiger partial charge in [-0.1, -0.05) is 0 Å². The molecule has 0 aliphatic rings. The fourth-order valence-corrected chi connectivity index (χ4v) is 2.10. The first-order chi connectivity index (χ1) is 12.9. The Morgan fingerprint density at radius 2 is 1.79 bits per heavy atom. The van der Waals surface area contributed by atoms with Crippen molar-refractivity contribution >= 4 is 11.6 Å². The fraction of sp³-hybridized carbons (Fsp3) is 0.250. The number of amides is 1. The van der Waals surface area contributed by atoms with Crippen molar-refractivity contribution in [3.63, 3.8) is 0 Å². The average molecular weight is 412 g/mol. The standard InChI is InChI=1S/C16H11F7N2O3/c17-9-3-4-11(12(6-9)28-8-15(18,19)20)24-13(26)7-25-5-1-2-10(14(25)27)16(21,22)23/h1-6H,7-8H2,(H,24,26). The maximum absolute atomic E-state index is 13.2. The first kappa shape index (κ1) is 21.3. The monoisotopic (exact) mass is 412 g/mol. The summed E-state index contributed by atoms with van der Waals surface area (Å²) in [5.41, 5.74) is -3.31. The van der Waals surface area contributed by atoms with E-state index in [4.69, 9.17) is 0 Å². The van der Waals surface area contributed by atoms with Crippen LogP contribution in [0.25, 0.3) is 0 Å². The molecule has 1 aromatic carbocycles. The SMILES string of the molecule is O=C(Cn1cccc(C(F)(F)F)c1=O)Nc1ccc(F)cc1OCC(F)(F)F. The Labute approximate surface area is 152 Å². The van der Waals surface area contributed by atoms with Gasteiger partial charge in [-0.2, -0.15) is 26.3 Å². The second-order valence-corrected chi connectivity index (χ2v) is 5.45. The number of carbonyl (C=O) groups excluding carboxylic acids is 1. The van der Waals surface area contributed by atoms with E-state index in [1.807, 2.05) is 0 Å². The van der Waals surface area contributed by atoms with E-state index in [1.54, 1.807) is 0 Å². The van der Waals surface area contributed by atoms with E-state index < -0.39 is 54.1 Å². The van der Waals surface area contributed by atoms with E-state index in [0.717, 1.165) is 24.4 Å². The molecule has 0 fully saturated rings. The van der Waals surface area contributed by atoms with Gasteiger partial charge in [-0.3, -0.25) is 9.59 Å². The van der Waals surface area contributed by atoms with Crippen LogP contribution in [0.1, 0.15) is 5.56 Å². The summed E-state index contributed by atoms with van der Waals surface area (Å²) in [5, 5.41) is 2.07. The van der Waals surface area contributed by atoms with Crippen LogP contribution < -0.4 is 15.6 Å². The number of ether oxygens (including phenoxy) is 1. The Balaban J connectivity index is 2.19. The van der Waals surface area contributed by atoms with Crippen LogP contribution in [0.3, 0.4) is 0 Å². The second-order valence-electron chi connectivity index (χ2n) is 5.45. The highest BCUT2D eigenvalue weighted by Gasteiger charge is 2.34. The van der Waals surface area contributed by atoms with Gasteiger partial charge in [0.25, 0.3) is 5.56 Å². The predicted molar refractivity (Wildman–Crippen MR) is 82.3 cm³/mol. The molecule has 12 heteroatoms. The summed E-state index contributed by atoms with van der Waals surface area (Å²) in [4.78, 5) is 23.8. The van der Waals surface area contributed by atoms with Crippen molar-refractivity contribution in [2.75, 3.05) is 11.9 Å². The summed E-state index contributed by atoms with van der Waals surface area (Å²) >= 11 is 0. The van der Waals surface area contributed by atoms with Gasteiger partial charge >= 0.3 is 12.4 Å². The van der Waals surface area contributed by atoms with Crippen molar-refractivity contribution in [2.45, 2.75) is 18.9 Å². The van der Waals surface area contributed by atoms with Crippen molar-refractivity contribution in [2.24, 2.45) is 0 Å². The van der Waals surface area contributed by atoms with Crippen molar-refractivity contribution < 1.29 is 40.3 Å². The number of alkyl halides is 6. The molecule has 0 unspecified atom stereocenters. The number of nitrogens with zero attached hydrogens (tertiary/aromatic N) is 1. The van der Waals surface area contributed by atoms with E-state index >= 15 is 0 Å². The summed E-state index contributed by atoms with van der Waals surface area (Å²) in [6, 6.07) is 3.78. The number of rotatable bonds is 5. The molecule has 0 spiro atoms. The van der Waals surface area contributed by atoms with Crippen molar-refractivity contribution in [1.82, 2.24) is 4.57 Å². The smallest absolute Gasteiger partial charge is 0.422 e. The van der Waals surface area contributed by atoms with Crippen molar-refractivity contribution in [1.29, 1.82) is 0 Å². The van der Waals surface area contributed by atoms with E-state index in [9.17, 15) is 40.3 Å². The Kier molecular flexibility index (Phi) is 6.00. The molecule has 0 saturated heterocycles. The molecule has 0 aliphatic carbocycles. The molecule has 28 heavy (non-hydrogen) atoms. The molecule has 152 valence electrons. The molecule has 5 nitrogen and oxygen atoms in total. The number of hydrogen-bond donors (Lipinski definition) is 1. The minimum atomic E-state index is -4.92. The minimum absolute atomic E-state index is 0.351. The number of carbonyl (C=O) groups is 1. The summed E-state index contributed by atoms with van der Waals surface area (Å²) < 4.78 is 93.1. The molecular weight excluding hydrogens is 401 g/mol. The minimum Gasteiger partial charge on any atom is -0.482 e. The number of hydrogen-bond acceptors (Lipinski definition) is 3. The normalized spacial score (nSPS) is 12.0. The second kappa shape index (κ2) is 7.90. The first-order valence-corrected chi connectivity index (χ1v) is 7.42. The lowest BCUT2D eigenvalue weighted by molar-refractivity contribution is -0.153. The summed E-state index contributed by atoms with van der Waals surface area (Å²) in [6.45, 7) is -2.62. The molecule has 0 aliphatic heterocycles. The van der Waals surface area contributed by atoms with Crippen LogP contribution in [0.5, 0.6) is 5.75 Å². The Bertz CT molecular complexity index is 920. The lowest BCUT2D eigenvalue weighted by atomic mass is 10.2. The molecule has 1 aromatic heterocycles. The van der Waals surface area contributed by atoms with E-state index in [2.05, 4.69) is 10.1 Å². The maximum Gasteiger partial charge on any atom is 0.422 e. The zero-order valence-electron chi connectivity index (χ0n) is 13.7. The van der Waals surface area contributed by atoms with Gasteiger partial charge in [0, 0.05) is 12.3 Å². The largest absolute Gasteiger partial charge is 0.482 e. The van der Waals surface area contributed by atoms with Gasteiger partial charge in [0.15, 0.2) is 6.61 Å². The third-order valence-electron chi connectivity index (χ3n) is 3.25. The third kappa shape index (κ3) is 5.72. The molecule has 1 N–H and O–H groups in total. The van der Waals surface area contributed by atoms with Gasteiger partial charge in [0.2, 0.25) is 5.91 Å².